The van der Waals surface area contributed by atoms with Gasteiger partial charge in [-0.15, -0.1) is 0 Å². The number of carbonyl (C=O) groups excluding carboxylic acids is 3. The Labute approximate surface area is 205 Å². The van der Waals surface area contributed by atoms with Crippen LogP contribution in [-0.2, 0) is 16.1 Å². The Kier molecular flexibility index (Phi) is 8.99. The third kappa shape index (κ3) is 7.90. The van der Waals surface area contributed by atoms with Crippen LogP contribution in [0.15, 0.2) is 83.3 Å². The van der Waals surface area contributed by atoms with Crippen molar-refractivity contribution in [3.05, 3.63) is 100 Å². The fourth-order valence-corrected chi connectivity index (χ4v) is 3.16. The molecule has 0 saturated heterocycles. The van der Waals surface area contributed by atoms with E-state index in [9.17, 15) is 14.4 Å². The Morgan fingerprint density at radius 1 is 0.971 bits per heavy atom. The number of halogens is 1. The van der Waals surface area contributed by atoms with Crippen LogP contribution in [0, 0.1) is 0 Å². The molecule has 8 heteroatoms. The minimum absolute atomic E-state index is 0.215. The van der Waals surface area contributed by atoms with Crippen molar-refractivity contribution in [3.8, 4) is 5.75 Å². The first-order valence-corrected chi connectivity index (χ1v) is 11.3. The molecule has 0 aromatic heterocycles. The number of hydrogen-bond donors (Lipinski definition) is 2. The molecule has 0 atom stereocenters. The number of carbonyl (C=O) groups is 3. The van der Waals surface area contributed by atoms with E-state index in [1.807, 2.05) is 30.3 Å². The number of anilines is 1. The number of ether oxygens (including phenoxy) is 2. The van der Waals surface area contributed by atoms with E-state index in [4.69, 9.17) is 9.47 Å². The first-order valence-electron chi connectivity index (χ1n) is 10.5. The molecule has 0 saturated carbocycles. The van der Waals surface area contributed by atoms with Gasteiger partial charge in [0.15, 0.2) is 0 Å². The summed E-state index contributed by atoms with van der Waals surface area (Å²) in [5, 5.41) is 5.64. The maximum absolute atomic E-state index is 12.4. The highest BCUT2D eigenvalue weighted by Crippen LogP contribution is 2.15. The van der Waals surface area contributed by atoms with Crippen molar-refractivity contribution in [2.45, 2.75) is 13.5 Å². The molecular weight excluding hydrogens is 500 g/mol. The van der Waals surface area contributed by atoms with Crippen LogP contribution in [0.25, 0.3) is 6.08 Å². The number of hydrogen-bond acceptors (Lipinski definition) is 5. The molecule has 0 aliphatic carbocycles. The van der Waals surface area contributed by atoms with E-state index in [-0.39, 0.29) is 30.7 Å². The third-order valence-corrected chi connectivity index (χ3v) is 5.05. The van der Waals surface area contributed by atoms with Crippen LogP contribution in [0.4, 0.5) is 10.5 Å². The fraction of sp³-hybridized carbons (Fsp3) is 0.115. The average Bonchev–Trinajstić information content (AvgIpc) is 2.83. The molecule has 34 heavy (non-hydrogen) atoms. The molecule has 0 aliphatic rings. The standard InChI is InChI=1S/C26H23BrN2O5/c1-2-33-26(32)34-23-13-9-20(10-14-23)25(31)28-17-19-4-3-5-22(16-19)29-24(30)15-8-18-6-11-21(27)12-7-18/h3-16H,2,17H2,1H3,(H,28,31)(H,29,30)/b15-8+. The Bertz CT molecular complexity index is 1170. The molecule has 0 aliphatic heterocycles. The maximum Gasteiger partial charge on any atom is 0.513 e. The van der Waals surface area contributed by atoms with Gasteiger partial charge in [-0.25, -0.2) is 4.79 Å². The summed E-state index contributed by atoms with van der Waals surface area (Å²) >= 11 is 3.38. The topological polar surface area (TPSA) is 93.7 Å². The monoisotopic (exact) mass is 522 g/mol. The molecular formula is C26H23BrN2O5. The number of amides is 2. The van der Waals surface area contributed by atoms with Crippen molar-refractivity contribution >= 4 is 45.7 Å². The molecule has 3 rings (SSSR count). The van der Waals surface area contributed by atoms with E-state index < -0.39 is 6.16 Å². The Hall–Kier alpha value is -3.91. The SMILES string of the molecule is CCOC(=O)Oc1ccc(C(=O)NCc2cccc(NC(=O)/C=C/c3ccc(Br)cc3)c2)cc1. The molecule has 2 N–H and O–H groups in total. The number of rotatable bonds is 8. The zero-order valence-electron chi connectivity index (χ0n) is 18.4. The van der Waals surface area contributed by atoms with Gasteiger partial charge >= 0.3 is 6.16 Å². The Morgan fingerprint density at radius 2 is 1.71 bits per heavy atom. The van der Waals surface area contributed by atoms with Crippen LogP contribution in [0.5, 0.6) is 5.75 Å². The zero-order chi connectivity index (χ0) is 24.3. The van der Waals surface area contributed by atoms with Crippen molar-refractivity contribution in [1.29, 1.82) is 0 Å². The lowest BCUT2D eigenvalue weighted by atomic mass is 10.1. The zero-order valence-corrected chi connectivity index (χ0v) is 20.0. The lowest BCUT2D eigenvalue weighted by molar-refractivity contribution is -0.111. The van der Waals surface area contributed by atoms with Gasteiger partial charge in [0.05, 0.1) is 6.61 Å². The minimum atomic E-state index is -0.796. The molecule has 0 spiro atoms. The summed E-state index contributed by atoms with van der Waals surface area (Å²) in [5.74, 6) is -0.253. The summed E-state index contributed by atoms with van der Waals surface area (Å²) in [7, 11) is 0. The van der Waals surface area contributed by atoms with Crippen LogP contribution in [0.3, 0.4) is 0 Å². The molecule has 2 amide bonds. The van der Waals surface area contributed by atoms with E-state index in [2.05, 4.69) is 26.6 Å². The van der Waals surface area contributed by atoms with Crippen LogP contribution in [0.1, 0.15) is 28.4 Å². The van der Waals surface area contributed by atoms with Gasteiger partial charge in [0.2, 0.25) is 5.91 Å². The second-order valence-corrected chi connectivity index (χ2v) is 7.98. The van der Waals surface area contributed by atoms with Crippen LogP contribution in [0.2, 0.25) is 0 Å². The summed E-state index contributed by atoms with van der Waals surface area (Å²) in [6.07, 6.45) is 2.40. The quantitative estimate of drug-likeness (QED) is 0.229. The van der Waals surface area contributed by atoms with E-state index >= 15 is 0 Å². The summed E-state index contributed by atoms with van der Waals surface area (Å²) in [5.41, 5.74) is 2.78. The smallest absolute Gasteiger partial charge is 0.434 e. The lowest BCUT2D eigenvalue weighted by Gasteiger charge is -2.09. The molecule has 0 bridgehead atoms. The van der Waals surface area contributed by atoms with Crippen LogP contribution < -0.4 is 15.4 Å². The second kappa shape index (κ2) is 12.4. The van der Waals surface area contributed by atoms with Crippen molar-refractivity contribution < 1.29 is 23.9 Å². The summed E-state index contributed by atoms with van der Waals surface area (Å²) < 4.78 is 10.7. The molecule has 3 aromatic carbocycles. The van der Waals surface area contributed by atoms with E-state index in [1.165, 1.54) is 18.2 Å². The first kappa shape index (κ1) is 24.7. The van der Waals surface area contributed by atoms with Gasteiger partial charge in [0, 0.05) is 28.3 Å². The highest BCUT2D eigenvalue weighted by molar-refractivity contribution is 9.10. The largest absolute Gasteiger partial charge is 0.513 e. The molecule has 174 valence electrons. The lowest BCUT2D eigenvalue weighted by Crippen LogP contribution is -2.22. The normalized spacial score (nSPS) is 10.5. The summed E-state index contributed by atoms with van der Waals surface area (Å²) in [4.78, 5) is 36.0. The summed E-state index contributed by atoms with van der Waals surface area (Å²) in [6.45, 7) is 2.17. The predicted octanol–water partition coefficient (Wildman–Crippen LogP) is 5.57. The van der Waals surface area contributed by atoms with E-state index in [1.54, 1.807) is 43.3 Å². The summed E-state index contributed by atoms with van der Waals surface area (Å²) in [6, 6.07) is 21.0. The molecule has 0 heterocycles. The van der Waals surface area contributed by atoms with Gasteiger partial charge in [-0.2, -0.15) is 0 Å². The molecule has 3 aromatic rings. The number of nitrogens with one attached hydrogen (secondary N) is 2. The van der Waals surface area contributed by atoms with Gasteiger partial charge in [0.1, 0.15) is 5.75 Å². The Morgan fingerprint density at radius 3 is 2.41 bits per heavy atom. The van der Waals surface area contributed by atoms with Crippen molar-refractivity contribution in [2.75, 3.05) is 11.9 Å². The van der Waals surface area contributed by atoms with Crippen molar-refractivity contribution in [1.82, 2.24) is 5.32 Å². The van der Waals surface area contributed by atoms with Gasteiger partial charge < -0.3 is 20.1 Å². The minimum Gasteiger partial charge on any atom is -0.434 e. The molecule has 7 nitrogen and oxygen atoms in total. The molecule has 0 fully saturated rings. The third-order valence-electron chi connectivity index (χ3n) is 4.52. The Balaban J connectivity index is 1.51. The molecule has 0 unspecified atom stereocenters. The second-order valence-electron chi connectivity index (χ2n) is 7.07. The van der Waals surface area contributed by atoms with Crippen LogP contribution >= 0.6 is 15.9 Å². The maximum atomic E-state index is 12.4. The number of benzene rings is 3. The van der Waals surface area contributed by atoms with Gasteiger partial charge in [-0.05, 0) is 72.7 Å². The molecule has 0 radical (unpaired) electrons. The average molecular weight is 523 g/mol. The highest BCUT2D eigenvalue weighted by atomic mass is 79.9. The predicted molar refractivity (Wildman–Crippen MR) is 134 cm³/mol. The van der Waals surface area contributed by atoms with Crippen molar-refractivity contribution in [2.24, 2.45) is 0 Å². The first-order chi connectivity index (χ1) is 16.4. The van der Waals surface area contributed by atoms with Crippen molar-refractivity contribution in [3.63, 3.8) is 0 Å². The van der Waals surface area contributed by atoms with Crippen LogP contribution in [-0.4, -0.2) is 24.6 Å². The fourth-order valence-electron chi connectivity index (χ4n) is 2.89. The van der Waals surface area contributed by atoms with Gasteiger partial charge in [-0.1, -0.05) is 40.2 Å². The highest BCUT2D eigenvalue weighted by Gasteiger charge is 2.09. The van der Waals surface area contributed by atoms with Gasteiger partial charge in [0.25, 0.3) is 5.91 Å². The van der Waals surface area contributed by atoms with E-state index in [0.29, 0.717) is 11.3 Å². The van der Waals surface area contributed by atoms with E-state index in [0.717, 1.165) is 15.6 Å². The van der Waals surface area contributed by atoms with Gasteiger partial charge in [-0.3, -0.25) is 9.59 Å².